The van der Waals surface area contributed by atoms with Gasteiger partial charge in [-0.2, -0.15) is 13.2 Å². The molecule has 2 aromatic rings. The average Bonchev–Trinajstić information content (AvgIpc) is 2.88. The Morgan fingerprint density at radius 2 is 1.95 bits per heavy atom. The van der Waals surface area contributed by atoms with Crippen molar-refractivity contribution in [3.8, 4) is 0 Å². The number of thiophene rings is 1. The van der Waals surface area contributed by atoms with Crippen LogP contribution in [0.1, 0.15) is 16.0 Å². The summed E-state index contributed by atoms with van der Waals surface area (Å²) in [5, 5.41) is 5.03. The molecular formula is C14H13F4NS. The Morgan fingerprint density at radius 3 is 2.60 bits per heavy atom. The Kier molecular flexibility index (Phi) is 4.77. The fourth-order valence-corrected chi connectivity index (χ4v) is 2.51. The van der Waals surface area contributed by atoms with Crippen LogP contribution in [0.5, 0.6) is 0 Å². The molecule has 0 fully saturated rings. The van der Waals surface area contributed by atoms with Crippen LogP contribution in [0.3, 0.4) is 0 Å². The summed E-state index contributed by atoms with van der Waals surface area (Å²) in [6, 6.07) is 7.04. The van der Waals surface area contributed by atoms with Crippen LogP contribution in [-0.4, -0.2) is 6.54 Å². The van der Waals surface area contributed by atoms with Crippen LogP contribution >= 0.6 is 11.3 Å². The summed E-state index contributed by atoms with van der Waals surface area (Å²) < 4.78 is 50.7. The van der Waals surface area contributed by atoms with Gasteiger partial charge in [0.25, 0.3) is 0 Å². The molecule has 20 heavy (non-hydrogen) atoms. The van der Waals surface area contributed by atoms with E-state index in [-0.39, 0.29) is 6.54 Å². The van der Waals surface area contributed by atoms with Crippen LogP contribution in [0.4, 0.5) is 17.6 Å². The molecule has 0 aliphatic carbocycles. The second-order valence-corrected chi connectivity index (χ2v) is 5.35. The highest BCUT2D eigenvalue weighted by Crippen LogP contribution is 2.31. The third-order valence-corrected chi connectivity index (χ3v) is 3.73. The van der Waals surface area contributed by atoms with Gasteiger partial charge in [-0.3, -0.25) is 0 Å². The molecule has 0 amide bonds. The summed E-state index contributed by atoms with van der Waals surface area (Å²) >= 11 is 1.64. The van der Waals surface area contributed by atoms with Crippen molar-refractivity contribution in [3.63, 3.8) is 0 Å². The van der Waals surface area contributed by atoms with Gasteiger partial charge in [-0.1, -0.05) is 12.1 Å². The number of hydrogen-bond acceptors (Lipinski definition) is 2. The van der Waals surface area contributed by atoms with Gasteiger partial charge >= 0.3 is 6.18 Å². The van der Waals surface area contributed by atoms with E-state index in [1.807, 2.05) is 17.5 Å². The average molecular weight is 303 g/mol. The summed E-state index contributed by atoms with van der Waals surface area (Å²) in [7, 11) is 0. The van der Waals surface area contributed by atoms with E-state index in [2.05, 4.69) is 5.32 Å². The summed E-state index contributed by atoms with van der Waals surface area (Å²) in [6.45, 7) is 0.952. The topological polar surface area (TPSA) is 12.0 Å². The van der Waals surface area contributed by atoms with Crippen LogP contribution < -0.4 is 5.32 Å². The molecule has 0 radical (unpaired) electrons. The van der Waals surface area contributed by atoms with Gasteiger partial charge < -0.3 is 5.32 Å². The van der Waals surface area contributed by atoms with E-state index in [0.717, 1.165) is 18.6 Å². The Labute approximate surface area is 118 Å². The maximum atomic E-state index is 13.1. The molecule has 1 nitrogen and oxygen atoms in total. The molecule has 0 aliphatic heterocycles. The smallest absolute Gasteiger partial charge is 0.312 e. The molecule has 1 N–H and O–H groups in total. The number of rotatable bonds is 5. The largest absolute Gasteiger partial charge is 0.419 e. The minimum Gasteiger partial charge on any atom is -0.312 e. The molecule has 6 heteroatoms. The van der Waals surface area contributed by atoms with Gasteiger partial charge in [0.2, 0.25) is 0 Å². The van der Waals surface area contributed by atoms with Crippen molar-refractivity contribution >= 4 is 11.3 Å². The number of nitrogens with one attached hydrogen (secondary N) is 1. The lowest BCUT2D eigenvalue weighted by molar-refractivity contribution is -0.140. The number of halogens is 4. The molecule has 0 unspecified atom stereocenters. The fraction of sp³-hybridized carbons (Fsp3) is 0.286. The lowest BCUT2D eigenvalue weighted by Gasteiger charge is -2.10. The Hall–Kier alpha value is -1.40. The first-order valence-corrected chi connectivity index (χ1v) is 6.93. The molecule has 0 saturated carbocycles. The summed E-state index contributed by atoms with van der Waals surface area (Å²) in [5.41, 5.74) is -0.792. The van der Waals surface area contributed by atoms with Crippen molar-refractivity contribution < 1.29 is 17.6 Å². The van der Waals surface area contributed by atoms with Gasteiger partial charge in [-0.15, -0.1) is 11.3 Å². The molecule has 1 aromatic carbocycles. The molecule has 0 aliphatic rings. The highest BCUT2D eigenvalue weighted by Gasteiger charge is 2.34. The van der Waals surface area contributed by atoms with E-state index in [4.69, 9.17) is 0 Å². The van der Waals surface area contributed by atoms with Crippen LogP contribution in [0.15, 0.2) is 35.7 Å². The van der Waals surface area contributed by atoms with Crippen molar-refractivity contribution in [1.82, 2.24) is 5.32 Å². The highest BCUT2D eigenvalue weighted by atomic mass is 32.1. The lowest BCUT2D eigenvalue weighted by Crippen LogP contribution is -2.17. The molecule has 0 atom stereocenters. The first-order valence-electron chi connectivity index (χ1n) is 6.05. The van der Waals surface area contributed by atoms with Crippen molar-refractivity contribution in [2.45, 2.75) is 19.1 Å². The number of hydrogen-bond donors (Lipinski definition) is 1. The van der Waals surface area contributed by atoms with E-state index >= 15 is 0 Å². The van der Waals surface area contributed by atoms with Crippen LogP contribution in [0.25, 0.3) is 0 Å². The number of benzene rings is 1. The molecule has 1 heterocycles. The summed E-state index contributed by atoms with van der Waals surface area (Å²) in [5.74, 6) is -1.24. The van der Waals surface area contributed by atoms with Gasteiger partial charge in [-0.25, -0.2) is 4.39 Å². The van der Waals surface area contributed by atoms with Crippen molar-refractivity contribution in [1.29, 1.82) is 0 Å². The predicted molar refractivity (Wildman–Crippen MR) is 71.1 cm³/mol. The van der Waals surface area contributed by atoms with E-state index in [9.17, 15) is 17.6 Å². The normalized spacial score (nSPS) is 11.8. The highest BCUT2D eigenvalue weighted by molar-refractivity contribution is 7.09. The van der Waals surface area contributed by atoms with Gasteiger partial charge in [-0.05, 0) is 35.6 Å². The molecule has 0 bridgehead atoms. The van der Waals surface area contributed by atoms with Gasteiger partial charge in [0.1, 0.15) is 5.82 Å². The molecule has 2 rings (SSSR count). The minimum atomic E-state index is -4.66. The molecule has 1 aromatic heterocycles. The standard InChI is InChI=1S/C14H13F4NS/c15-13-4-3-10(8-12(13)14(16,17)18)9-19-6-5-11-2-1-7-20-11/h1-4,7-8,19H,5-6,9H2. The fourth-order valence-electron chi connectivity index (χ4n) is 1.80. The zero-order valence-electron chi connectivity index (χ0n) is 10.5. The summed E-state index contributed by atoms with van der Waals surface area (Å²) in [4.78, 5) is 1.22. The van der Waals surface area contributed by atoms with E-state index in [0.29, 0.717) is 12.1 Å². The first-order chi connectivity index (χ1) is 9.47. The molecule has 0 spiro atoms. The zero-order valence-corrected chi connectivity index (χ0v) is 11.3. The second kappa shape index (κ2) is 6.37. The van der Waals surface area contributed by atoms with Gasteiger partial charge in [0.05, 0.1) is 5.56 Å². The maximum absolute atomic E-state index is 13.1. The monoisotopic (exact) mass is 303 g/mol. The Bertz CT molecular complexity index is 549. The third-order valence-electron chi connectivity index (χ3n) is 2.79. The Balaban J connectivity index is 1.90. The van der Waals surface area contributed by atoms with E-state index < -0.39 is 17.6 Å². The van der Waals surface area contributed by atoms with Gasteiger partial charge in [0, 0.05) is 18.0 Å². The molecule has 108 valence electrons. The van der Waals surface area contributed by atoms with Crippen LogP contribution in [0.2, 0.25) is 0 Å². The lowest BCUT2D eigenvalue weighted by atomic mass is 10.1. The van der Waals surface area contributed by atoms with E-state index in [1.54, 1.807) is 11.3 Å². The van der Waals surface area contributed by atoms with Crippen LogP contribution in [-0.2, 0) is 19.1 Å². The van der Waals surface area contributed by atoms with Crippen molar-refractivity contribution in [2.24, 2.45) is 0 Å². The number of alkyl halides is 3. The van der Waals surface area contributed by atoms with Crippen molar-refractivity contribution in [2.75, 3.05) is 6.54 Å². The van der Waals surface area contributed by atoms with E-state index in [1.165, 1.54) is 10.9 Å². The quantitative estimate of drug-likeness (QED) is 0.643. The zero-order chi connectivity index (χ0) is 14.6. The predicted octanol–water partition coefficient (Wildman–Crippen LogP) is 4.24. The first kappa shape index (κ1) is 15.0. The SMILES string of the molecule is Fc1ccc(CNCCc2cccs2)cc1C(F)(F)F. The second-order valence-electron chi connectivity index (χ2n) is 4.32. The van der Waals surface area contributed by atoms with Gasteiger partial charge in [0.15, 0.2) is 0 Å². The third kappa shape index (κ3) is 4.05. The van der Waals surface area contributed by atoms with Crippen LogP contribution in [0, 0.1) is 5.82 Å². The molecule has 0 saturated heterocycles. The maximum Gasteiger partial charge on any atom is 0.419 e. The molecular weight excluding hydrogens is 290 g/mol. The minimum absolute atomic E-state index is 0.286. The Morgan fingerprint density at radius 1 is 1.15 bits per heavy atom. The summed E-state index contributed by atoms with van der Waals surface area (Å²) in [6.07, 6.45) is -3.83. The van der Waals surface area contributed by atoms with Crippen molar-refractivity contribution in [3.05, 3.63) is 57.5 Å².